The predicted octanol–water partition coefficient (Wildman–Crippen LogP) is 4.29. The fourth-order valence-electron chi connectivity index (χ4n) is 7.79. The van der Waals surface area contributed by atoms with E-state index in [0.29, 0.717) is 26.3 Å². The molecule has 322 valence electrons. The van der Waals surface area contributed by atoms with Crippen molar-refractivity contribution in [2.24, 2.45) is 23.7 Å². The third kappa shape index (κ3) is 9.20. The molecular formula is C43H56N2O14. The fraction of sp³-hybridized carbons (Fsp3) is 0.535. The number of anilines is 1. The Morgan fingerprint density at radius 3 is 2.29 bits per heavy atom. The van der Waals surface area contributed by atoms with Crippen LogP contribution in [0, 0.1) is 30.6 Å². The minimum absolute atomic E-state index is 0.0625. The number of methoxy groups -OCH3 is 1. The maximum absolute atomic E-state index is 14.5. The van der Waals surface area contributed by atoms with Crippen molar-refractivity contribution in [1.82, 2.24) is 4.90 Å². The molecule has 0 radical (unpaired) electrons. The van der Waals surface area contributed by atoms with E-state index < -0.39 is 89.6 Å². The topological polar surface area (TPSA) is 220 Å². The summed E-state index contributed by atoms with van der Waals surface area (Å²) in [4.78, 5) is 55.2. The van der Waals surface area contributed by atoms with Gasteiger partial charge in [0, 0.05) is 80.3 Å². The van der Waals surface area contributed by atoms with Gasteiger partial charge in [-0.15, -0.1) is 0 Å². The Labute approximate surface area is 343 Å². The number of benzene rings is 2. The normalized spacial score (nSPS) is 31.4. The fourth-order valence-corrected chi connectivity index (χ4v) is 7.79. The number of nitrogens with one attached hydrogen (secondary N) is 1. The van der Waals surface area contributed by atoms with Crippen molar-refractivity contribution >= 4 is 40.0 Å². The number of aliphatic hydroxyl groups is 2. The van der Waals surface area contributed by atoms with Crippen molar-refractivity contribution in [2.75, 3.05) is 45.3 Å². The molecule has 16 heteroatoms. The van der Waals surface area contributed by atoms with E-state index in [0.717, 1.165) is 0 Å². The number of hydrogen-bond acceptors (Lipinski definition) is 14. The first-order valence-corrected chi connectivity index (χ1v) is 19.7. The second-order valence-electron chi connectivity index (χ2n) is 15.7. The van der Waals surface area contributed by atoms with Crippen molar-refractivity contribution in [3.63, 3.8) is 0 Å². The minimum atomic E-state index is -2.03. The van der Waals surface area contributed by atoms with Crippen molar-refractivity contribution in [1.29, 1.82) is 0 Å². The maximum Gasteiger partial charge on any atom is 0.312 e. The van der Waals surface area contributed by atoms with Gasteiger partial charge in [-0.25, -0.2) is 0 Å². The lowest BCUT2D eigenvalue weighted by Gasteiger charge is -2.38. The summed E-state index contributed by atoms with van der Waals surface area (Å²) >= 11 is 0. The molecule has 0 aromatic heterocycles. The zero-order valence-corrected chi connectivity index (χ0v) is 34.9. The Morgan fingerprint density at radius 1 is 0.966 bits per heavy atom. The van der Waals surface area contributed by atoms with Gasteiger partial charge >= 0.3 is 11.8 Å². The number of carbonyl (C=O) groups is 4. The van der Waals surface area contributed by atoms with Crippen LogP contribution in [0.4, 0.5) is 5.69 Å². The summed E-state index contributed by atoms with van der Waals surface area (Å²) in [5, 5.41) is 48.4. The molecule has 4 aliphatic heterocycles. The highest BCUT2D eigenvalue weighted by Gasteiger charge is 2.50. The van der Waals surface area contributed by atoms with Gasteiger partial charge in [-0.05, 0) is 19.9 Å². The molecule has 2 aromatic carbocycles. The van der Waals surface area contributed by atoms with Gasteiger partial charge in [-0.1, -0.05) is 45.9 Å². The molecule has 0 unspecified atom stereocenters. The maximum atomic E-state index is 14.5. The number of esters is 1. The number of hydrogen-bond donors (Lipinski definition) is 5. The summed E-state index contributed by atoms with van der Waals surface area (Å²) in [6.07, 6.45) is 3.57. The van der Waals surface area contributed by atoms with Gasteiger partial charge in [-0.2, -0.15) is 0 Å². The third-order valence-electron chi connectivity index (χ3n) is 11.5. The molecule has 2 amide bonds. The van der Waals surface area contributed by atoms with Crippen molar-refractivity contribution in [3.05, 3.63) is 53.3 Å². The third-order valence-corrected chi connectivity index (χ3v) is 11.5. The van der Waals surface area contributed by atoms with Crippen LogP contribution < -0.4 is 14.8 Å². The molecule has 16 nitrogen and oxygen atoms in total. The van der Waals surface area contributed by atoms with Crippen molar-refractivity contribution in [3.8, 4) is 23.0 Å². The summed E-state index contributed by atoms with van der Waals surface area (Å²) in [7, 11) is 1.43. The van der Waals surface area contributed by atoms with Gasteiger partial charge in [0.2, 0.25) is 0 Å². The lowest BCUT2D eigenvalue weighted by molar-refractivity contribution is -0.160. The monoisotopic (exact) mass is 824 g/mol. The lowest BCUT2D eigenvalue weighted by atomic mass is 9.78. The minimum Gasteiger partial charge on any atom is -0.507 e. The van der Waals surface area contributed by atoms with Crippen LogP contribution in [0.2, 0.25) is 0 Å². The highest BCUT2D eigenvalue weighted by atomic mass is 16.7. The molecule has 5 N–H and O–H groups in total. The Kier molecular flexibility index (Phi) is 14.0. The van der Waals surface area contributed by atoms with Gasteiger partial charge in [0.05, 0.1) is 54.4 Å². The molecular weight excluding hydrogens is 768 g/mol. The molecule has 0 saturated carbocycles. The number of ether oxygens (including phenoxy) is 6. The van der Waals surface area contributed by atoms with Crippen LogP contribution in [0.25, 0.3) is 10.8 Å². The summed E-state index contributed by atoms with van der Waals surface area (Å²) in [6, 6.07) is 1.26. The summed E-state index contributed by atoms with van der Waals surface area (Å²) in [5.41, 5.74) is -0.0289. The average Bonchev–Trinajstić information content (AvgIpc) is 3.48. The predicted molar refractivity (Wildman–Crippen MR) is 215 cm³/mol. The van der Waals surface area contributed by atoms with E-state index in [-0.39, 0.29) is 50.6 Å². The number of Topliss-reactive ketones (excluding diaryl/α,β-unsaturated/α-hetero) is 1. The number of carbonyl (C=O) groups excluding carboxylic acids is 4. The largest absolute Gasteiger partial charge is 0.507 e. The molecule has 0 spiro atoms. The summed E-state index contributed by atoms with van der Waals surface area (Å²) < 4.78 is 35.1. The van der Waals surface area contributed by atoms with Crippen LogP contribution in [0.5, 0.6) is 23.0 Å². The van der Waals surface area contributed by atoms with E-state index in [1.807, 2.05) is 0 Å². The number of nitrogens with zero attached hydrogens (tertiary/aromatic N) is 1. The number of aliphatic hydroxyl groups excluding tert-OH is 2. The van der Waals surface area contributed by atoms with Crippen molar-refractivity contribution < 1.29 is 68.0 Å². The van der Waals surface area contributed by atoms with E-state index in [2.05, 4.69) is 5.32 Å². The molecule has 5 bridgehead atoms. The number of amides is 2. The summed E-state index contributed by atoms with van der Waals surface area (Å²) in [6.45, 7) is 13.4. The highest BCUT2D eigenvalue weighted by molar-refractivity contribution is 6.21. The Morgan fingerprint density at radius 2 is 1.64 bits per heavy atom. The quantitative estimate of drug-likeness (QED) is 0.210. The Bertz CT molecular complexity index is 2040. The SMILES string of the molecule is CO[C@H]1/C=C/O[C@@]2(C)Oc3c(C)c(O)c4c(O)c(cc(OCC(=O)N5CCOCC5)c4c3C2=O)NC(=O)/C(C)=C\C=C\[C@@H](C)[C@@H](O)[C@@H](C)[C@H](O)[C@@H](C)[C@H](OC(C)=O)[C@@H]1C. The van der Waals surface area contributed by atoms with Gasteiger partial charge in [0.25, 0.3) is 17.6 Å². The Hall–Kier alpha value is -5.16. The first kappa shape index (κ1) is 44.9. The number of allylic oxidation sites excluding steroid dienone is 2. The number of fused-ring (bicyclic) bond motifs is 14. The molecule has 4 heterocycles. The van der Waals surface area contributed by atoms with Crippen LogP contribution >= 0.6 is 0 Å². The Balaban J connectivity index is 1.66. The number of ketones is 1. The molecule has 2 aromatic rings. The van der Waals surface area contributed by atoms with Crippen molar-refractivity contribution in [2.45, 2.75) is 85.6 Å². The molecule has 6 rings (SSSR count). The first-order chi connectivity index (χ1) is 27.8. The zero-order chi connectivity index (χ0) is 43.5. The van der Waals surface area contributed by atoms with Gasteiger partial charge in [0.15, 0.2) is 12.4 Å². The van der Waals surface area contributed by atoms with E-state index in [1.54, 1.807) is 44.7 Å². The van der Waals surface area contributed by atoms with Crippen LogP contribution in [0.1, 0.15) is 64.4 Å². The van der Waals surface area contributed by atoms with Crippen LogP contribution in [0.15, 0.2) is 42.2 Å². The van der Waals surface area contributed by atoms with E-state index in [1.165, 1.54) is 59.3 Å². The first-order valence-electron chi connectivity index (χ1n) is 19.7. The molecule has 4 aliphatic rings. The molecule has 9 atom stereocenters. The van der Waals surface area contributed by atoms with E-state index in [4.69, 9.17) is 28.4 Å². The van der Waals surface area contributed by atoms with E-state index in [9.17, 15) is 39.6 Å². The van der Waals surface area contributed by atoms with Crippen LogP contribution in [-0.2, 0) is 33.3 Å². The van der Waals surface area contributed by atoms with Gasteiger partial charge < -0.3 is 59.1 Å². The molecule has 1 saturated heterocycles. The summed E-state index contributed by atoms with van der Waals surface area (Å²) in [5.74, 6) is -8.08. The highest BCUT2D eigenvalue weighted by Crippen LogP contribution is 2.54. The van der Waals surface area contributed by atoms with E-state index >= 15 is 0 Å². The molecule has 0 aliphatic carbocycles. The molecule has 1 fully saturated rings. The zero-order valence-electron chi connectivity index (χ0n) is 34.9. The smallest absolute Gasteiger partial charge is 0.312 e. The number of phenols is 2. The van der Waals surface area contributed by atoms with Crippen LogP contribution in [0.3, 0.4) is 0 Å². The number of morpholine rings is 1. The number of aromatic hydroxyl groups is 2. The second-order valence-corrected chi connectivity index (χ2v) is 15.7. The van der Waals surface area contributed by atoms with Crippen LogP contribution in [-0.4, -0.2) is 119 Å². The molecule has 59 heavy (non-hydrogen) atoms. The average molecular weight is 825 g/mol. The van der Waals surface area contributed by atoms with Gasteiger partial charge in [0.1, 0.15) is 23.4 Å². The number of phenolic OH excluding ortho intramolecular Hbond substituents is 2. The second kappa shape index (κ2) is 18.4. The standard InChI is InChI=1S/C43H56N2O14/c1-21-11-10-12-22(2)42(53)44-28-19-30(56-20-31(47)45-14-17-55-18-15-45)32-33(38(28)51)37(50)26(6)40-34(32)41(52)43(8,59-40)57-16-13-29(54-9)23(3)39(58-27(7)46)25(5)36(49)24(4)35(21)48/h10-13,16,19,21,23-25,29,35-36,39,48-51H,14-15,17-18,20H2,1-9H3,(H,44,53)/b11-10+,16-13+,22-12-/t21-,23-,24-,25-,29+,35-,36+,39-,43+/m1/s1. The lowest BCUT2D eigenvalue weighted by Crippen LogP contribution is -2.46. The number of rotatable bonds is 5. The van der Waals surface area contributed by atoms with Gasteiger partial charge in [-0.3, -0.25) is 19.2 Å².